The van der Waals surface area contributed by atoms with E-state index in [9.17, 15) is 4.79 Å². The Bertz CT molecular complexity index is 453. The Hall–Kier alpha value is -1.33. The second kappa shape index (κ2) is 8.20. The van der Waals surface area contributed by atoms with Gasteiger partial charge in [0.25, 0.3) is 0 Å². The first kappa shape index (κ1) is 16.1. The second-order valence-corrected chi connectivity index (χ2v) is 5.29. The van der Waals surface area contributed by atoms with E-state index in [-0.39, 0.29) is 19.0 Å². The van der Waals surface area contributed by atoms with Gasteiger partial charge in [0.05, 0.1) is 5.92 Å². The largest absolute Gasteiger partial charge is 0.493 e. The molecule has 0 amide bonds. The van der Waals surface area contributed by atoms with Crippen LogP contribution in [0.2, 0.25) is 0 Å². The molecule has 1 aromatic rings. The van der Waals surface area contributed by atoms with Crippen molar-refractivity contribution in [2.45, 2.75) is 39.7 Å². The summed E-state index contributed by atoms with van der Waals surface area (Å²) in [6, 6.07) is 7.85. The topological polar surface area (TPSA) is 44.8 Å². The maximum absolute atomic E-state index is 11.9. The molecule has 5 heteroatoms. The van der Waals surface area contributed by atoms with Crippen LogP contribution < -0.4 is 5.46 Å². The molecule has 0 spiro atoms. The first-order chi connectivity index (χ1) is 10.2. The third-order valence-corrected chi connectivity index (χ3v) is 3.75. The number of rotatable bonds is 6. The summed E-state index contributed by atoms with van der Waals surface area (Å²) in [5, 5.41) is 0. The van der Waals surface area contributed by atoms with Crippen LogP contribution in [0.15, 0.2) is 24.3 Å². The van der Waals surface area contributed by atoms with Crippen molar-refractivity contribution in [2.75, 3.05) is 13.2 Å². The summed E-state index contributed by atoms with van der Waals surface area (Å²) in [5.41, 5.74) is 1.94. The van der Waals surface area contributed by atoms with Crippen molar-refractivity contribution in [3.05, 3.63) is 29.8 Å². The van der Waals surface area contributed by atoms with Crippen molar-refractivity contribution < 1.29 is 18.8 Å². The Balaban J connectivity index is 1.93. The summed E-state index contributed by atoms with van der Waals surface area (Å²) in [5.74, 6) is -0.117. The van der Waals surface area contributed by atoms with Gasteiger partial charge >= 0.3 is 13.1 Å². The van der Waals surface area contributed by atoms with Crippen LogP contribution in [0.5, 0.6) is 0 Å². The molecule has 0 unspecified atom stereocenters. The molecule has 1 aliphatic rings. The van der Waals surface area contributed by atoms with Gasteiger partial charge < -0.3 is 14.0 Å². The predicted molar refractivity (Wildman–Crippen MR) is 82.2 cm³/mol. The summed E-state index contributed by atoms with van der Waals surface area (Å²) in [6.07, 6.45) is 2.57. The van der Waals surface area contributed by atoms with Gasteiger partial charge in [-0.3, -0.25) is 4.79 Å². The molecule has 21 heavy (non-hydrogen) atoms. The van der Waals surface area contributed by atoms with Crippen molar-refractivity contribution in [1.29, 1.82) is 0 Å². The van der Waals surface area contributed by atoms with Gasteiger partial charge in [-0.1, -0.05) is 38.1 Å². The lowest BCUT2D eigenvalue weighted by Gasteiger charge is -2.20. The monoisotopic (exact) mass is 290 g/mol. The van der Waals surface area contributed by atoms with E-state index in [0.29, 0.717) is 6.61 Å². The minimum absolute atomic E-state index is 0.00167. The molecule has 0 atom stereocenters. The molecular weight excluding hydrogens is 267 g/mol. The molecule has 1 saturated heterocycles. The summed E-state index contributed by atoms with van der Waals surface area (Å²) < 4.78 is 16.6. The molecule has 114 valence electrons. The van der Waals surface area contributed by atoms with Crippen LogP contribution in [-0.4, -0.2) is 26.3 Å². The first-order valence-electron chi connectivity index (χ1n) is 7.73. The van der Waals surface area contributed by atoms with Gasteiger partial charge in [-0.25, -0.2) is 0 Å². The van der Waals surface area contributed by atoms with E-state index in [1.54, 1.807) is 0 Å². The van der Waals surface area contributed by atoms with Crippen LogP contribution in [0.1, 0.15) is 38.7 Å². The van der Waals surface area contributed by atoms with Gasteiger partial charge in [0.2, 0.25) is 0 Å². The van der Waals surface area contributed by atoms with Crippen molar-refractivity contribution in [3.63, 3.8) is 0 Å². The molecule has 1 aliphatic heterocycles. The Labute approximate surface area is 126 Å². The van der Waals surface area contributed by atoms with Gasteiger partial charge in [0.1, 0.15) is 6.61 Å². The summed E-state index contributed by atoms with van der Waals surface area (Å²) in [7, 11) is -0.298. The fourth-order valence-electron chi connectivity index (χ4n) is 2.40. The maximum atomic E-state index is 11.9. The van der Waals surface area contributed by atoms with E-state index < -0.39 is 0 Å². The minimum atomic E-state index is -0.298. The molecule has 4 nitrogen and oxygen atoms in total. The van der Waals surface area contributed by atoms with E-state index in [4.69, 9.17) is 14.0 Å². The fraction of sp³-hybridized carbons (Fsp3) is 0.562. The van der Waals surface area contributed by atoms with Gasteiger partial charge in [0, 0.05) is 13.2 Å². The van der Waals surface area contributed by atoms with Crippen LogP contribution in [0.25, 0.3) is 0 Å². The highest BCUT2D eigenvalue weighted by molar-refractivity contribution is 6.61. The average molecular weight is 290 g/mol. The molecule has 0 bridgehead atoms. The maximum Gasteiger partial charge on any atom is 0.493 e. The van der Waals surface area contributed by atoms with Crippen molar-refractivity contribution in [2.24, 2.45) is 5.92 Å². The molecular formula is C16H23BO4. The molecule has 1 fully saturated rings. The number of carbonyl (C=O) groups is 1. The molecule has 1 heterocycles. The molecule has 0 radical (unpaired) electrons. The van der Waals surface area contributed by atoms with E-state index in [1.165, 1.54) is 0 Å². The molecule has 0 aromatic heterocycles. The van der Waals surface area contributed by atoms with E-state index in [1.807, 2.05) is 38.1 Å². The van der Waals surface area contributed by atoms with Gasteiger partial charge in [-0.2, -0.15) is 0 Å². The summed E-state index contributed by atoms with van der Waals surface area (Å²) in [6.45, 7) is 5.76. The number of ether oxygens (including phenoxy) is 1. The zero-order valence-corrected chi connectivity index (χ0v) is 12.8. The smallest absolute Gasteiger partial charge is 0.461 e. The highest BCUT2D eigenvalue weighted by atomic mass is 16.6. The Morgan fingerprint density at radius 3 is 2.67 bits per heavy atom. The zero-order chi connectivity index (χ0) is 15.1. The normalized spacial score (nSPS) is 15.3. The summed E-state index contributed by atoms with van der Waals surface area (Å²) in [4.78, 5) is 11.9. The highest BCUT2D eigenvalue weighted by Gasteiger charge is 2.24. The SMILES string of the molecule is CCC(CC)C(=O)OCc1cccc(B2OCCCO2)c1. The second-order valence-electron chi connectivity index (χ2n) is 5.29. The van der Waals surface area contributed by atoms with Crippen molar-refractivity contribution >= 4 is 18.6 Å². The molecule has 0 saturated carbocycles. The van der Waals surface area contributed by atoms with Crippen LogP contribution in [0.4, 0.5) is 0 Å². The predicted octanol–water partition coefficient (Wildman–Crippen LogP) is 2.30. The van der Waals surface area contributed by atoms with Crippen molar-refractivity contribution in [1.82, 2.24) is 0 Å². The first-order valence-corrected chi connectivity index (χ1v) is 7.73. The van der Waals surface area contributed by atoms with Crippen LogP contribution in [0.3, 0.4) is 0 Å². The van der Waals surface area contributed by atoms with Crippen LogP contribution in [0, 0.1) is 5.92 Å². The average Bonchev–Trinajstić information content (AvgIpc) is 2.55. The number of carbonyl (C=O) groups excluding carboxylic acids is 1. The van der Waals surface area contributed by atoms with Crippen molar-refractivity contribution in [3.8, 4) is 0 Å². The summed E-state index contributed by atoms with van der Waals surface area (Å²) >= 11 is 0. The quantitative estimate of drug-likeness (QED) is 0.595. The number of esters is 1. The molecule has 0 aliphatic carbocycles. The number of hydrogen-bond acceptors (Lipinski definition) is 4. The van der Waals surface area contributed by atoms with Gasteiger partial charge in [0.15, 0.2) is 0 Å². The highest BCUT2D eigenvalue weighted by Crippen LogP contribution is 2.12. The van der Waals surface area contributed by atoms with E-state index in [0.717, 1.165) is 43.5 Å². The molecule has 0 N–H and O–H groups in total. The van der Waals surface area contributed by atoms with E-state index in [2.05, 4.69) is 0 Å². The minimum Gasteiger partial charge on any atom is -0.461 e. The lowest BCUT2D eigenvalue weighted by Crippen LogP contribution is -2.41. The third-order valence-electron chi connectivity index (χ3n) is 3.75. The fourth-order valence-corrected chi connectivity index (χ4v) is 2.40. The zero-order valence-electron chi connectivity index (χ0n) is 12.8. The molecule has 2 rings (SSSR count). The molecule has 1 aromatic carbocycles. The number of benzene rings is 1. The van der Waals surface area contributed by atoms with Gasteiger partial charge in [-0.05, 0) is 30.3 Å². The standard InChI is InChI=1S/C16H23BO4/c1-3-14(4-2)16(18)19-12-13-7-5-8-15(11-13)17-20-9-6-10-21-17/h5,7-8,11,14H,3-4,6,9-10,12H2,1-2H3. The third kappa shape index (κ3) is 4.58. The number of hydrogen-bond donors (Lipinski definition) is 0. The van der Waals surface area contributed by atoms with Gasteiger partial charge in [-0.15, -0.1) is 0 Å². The Kier molecular flexibility index (Phi) is 6.27. The van der Waals surface area contributed by atoms with Crippen LogP contribution >= 0.6 is 0 Å². The lowest BCUT2D eigenvalue weighted by atomic mass is 9.77. The van der Waals surface area contributed by atoms with E-state index >= 15 is 0 Å². The lowest BCUT2D eigenvalue weighted by molar-refractivity contribution is -0.150. The van der Waals surface area contributed by atoms with Crippen LogP contribution in [-0.2, 0) is 25.4 Å². The Morgan fingerprint density at radius 2 is 2.00 bits per heavy atom. The Morgan fingerprint density at radius 1 is 1.29 bits per heavy atom.